The fraction of sp³-hybridized carbons (Fsp3) is 0.571. The molecule has 196 valence electrons. The van der Waals surface area contributed by atoms with Gasteiger partial charge >= 0.3 is 5.97 Å². The Morgan fingerprint density at radius 1 is 1.00 bits per heavy atom. The van der Waals surface area contributed by atoms with Crippen LogP contribution in [-0.2, 0) is 19.1 Å². The predicted molar refractivity (Wildman–Crippen MR) is 138 cm³/mol. The number of ether oxygens (including phenoxy) is 1. The topological polar surface area (TPSA) is 105 Å². The standard InChI is InChI=1S/C28H39N3O5/c1-17(2)14-22(26(33)30-23(15-18(3)4)28(35)36-5)29-25(32)16-21-19-10-6-7-11-20(19)27(34)31-13-9-8-12-24(21)31/h6-7,10-11,16-18,22-24H,8-9,12-15H2,1-5H3,(H,29,32)(H,30,33)/b21-16-/t22-,23-,24-/m0/s1. The maximum absolute atomic E-state index is 13.3. The van der Waals surface area contributed by atoms with Crippen LogP contribution in [0.3, 0.4) is 0 Å². The first-order valence-corrected chi connectivity index (χ1v) is 12.9. The first kappa shape index (κ1) is 27.4. The van der Waals surface area contributed by atoms with Gasteiger partial charge in [0.1, 0.15) is 12.1 Å². The van der Waals surface area contributed by atoms with Gasteiger partial charge in [-0.25, -0.2) is 4.79 Å². The number of hydrogen-bond acceptors (Lipinski definition) is 5. The molecule has 0 bridgehead atoms. The van der Waals surface area contributed by atoms with Gasteiger partial charge in [-0.3, -0.25) is 14.4 Å². The van der Waals surface area contributed by atoms with E-state index in [1.165, 1.54) is 7.11 Å². The smallest absolute Gasteiger partial charge is 0.328 e. The molecule has 1 saturated heterocycles. The fourth-order valence-electron chi connectivity index (χ4n) is 5.09. The average molecular weight is 498 g/mol. The van der Waals surface area contributed by atoms with Crippen molar-refractivity contribution in [2.45, 2.75) is 77.9 Å². The van der Waals surface area contributed by atoms with E-state index in [9.17, 15) is 19.2 Å². The number of methoxy groups -OCH3 is 1. The minimum atomic E-state index is -0.809. The molecule has 0 aliphatic carbocycles. The van der Waals surface area contributed by atoms with Gasteiger partial charge < -0.3 is 20.3 Å². The average Bonchev–Trinajstić information content (AvgIpc) is 2.84. The van der Waals surface area contributed by atoms with E-state index in [-0.39, 0.29) is 29.7 Å². The number of hydrogen-bond donors (Lipinski definition) is 2. The van der Waals surface area contributed by atoms with Gasteiger partial charge in [0.2, 0.25) is 11.8 Å². The van der Waals surface area contributed by atoms with Crippen LogP contribution in [0.5, 0.6) is 0 Å². The van der Waals surface area contributed by atoms with E-state index in [1.54, 1.807) is 12.1 Å². The summed E-state index contributed by atoms with van der Waals surface area (Å²) in [6.07, 6.45) is 5.12. The zero-order valence-corrected chi connectivity index (χ0v) is 22.0. The van der Waals surface area contributed by atoms with E-state index >= 15 is 0 Å². The number of benzene rings is 1. The van der Waals surface area contributed by atoms with Crippen molar-refractivity contribution in [3.8, 4) is 0 Å². The zero-order chi connectivity index (χ0) is 26.4. The van der Waals surface area contributed by atoms with Crippen LogP contribution >= 0.6 is 0 Å². The summed E-state index contributed by atoms with van der Waals surface area (Å²) in [4.78, 5) is 53.6. The fourth-order valence-corrected chi connectivity index (χ4v) is 5.09. The number of piperidine rings is 1. The van der Waals surface area contributed by atoms with Crippen molar-refractivity contribution in [1.29, 1.82) is 0 Å². The molecule has 1 aromatic carbocycles. The van der Waals surface area contributed by atoms with Gasteiger partial charge in [0, 0.05) is 18.2 Å². The van der Waals surface area contributed by atoms with Crippen LogP contribution in [-0.4, -0.2) is 60.4 Å². The van der Waals surface area contributed by atoms with Crippen LogP contribution in [0, 0.1) is 11.8 Å². The summed E-state index contributed by atoms with van der Waals surface area (Å²) in [5, 5.41) is 5.64. The molecule has 0 spiro atoms. The van der Waals surface area contributed by atoms with Crippen LogP contribution in [0.2, 0.25) is 0 Å². The quantitative estimate of drug-likeness (QED) is 0.402. The molecule has 1 aromatic rings. The molecular weight excluding hydrogens is 458 g/mol. The third-order valence-corrected chi connectivity index (χ3v) is 6.73. The molecule has 0 radical (unpaired) electrons. The van der Waals surface area contributed by atoms with Crippen LogP contribution in [0.4, 0.5) is 0 Å². The lowest BCUT2D eigenvalue weighted by Gasteiger charge is -2.41. The number of carbonyl (C=O) groups excluding carboxylic acids is 4. The van der Waals surface area contributed by atoms with Crippen molar-refractivity contribution in [3.05, 3.63) is 41.5 Å². The molecule has 2 aliphatic heterocycles. The first-order valence-electron chi connectivity index (χ1n) is 12.9. The van der Waals surface area contributed by atoms with Crippen molar-refractivity contribution < 1.29 is 23.9 Å². The second-order valence-corrected chi connectivity index (χ2v) is 10.6. The van der Waals surface area contributed by atoms with Gasteiger partial charge in [0.25, 0.3) is 5.91 Å². The molecule has 2 N–H and O–H groups in total. The molecule has 36 heavy (non-hydrogen) atoms. The highest BCUT2D eigenvalue weighted by atomic mass is 16.5. The molecule has 8 heteroatoms. The largest absolute Gasteiger partial charge is 0.467 e. The summed E-state index contributed by atoms with van der Waals surface area (Å²) in [7, 11) is 1.29. The summed E-state index contributed by atoms with van der Waals surface area (Å²) in [6, 6.07) is 5.63. The molecular formula is C28H39N3O5. The van der Waals surface area contributed by atoms with Gasteiger partial charge in [-0.2, -0.15) is 0 Å². The lowest BCUT2D eigenvalue weighted by atomic mass is 9.83. The Balaban J connectivity index is 1.85. The van der Waals surface area contributed by atoms with E-state index in [4.69, 9.17) is 4.74 Å². The van der Waals surface area contributed by atoms with Crippen LogP contribution in [0.1, 0.15) is 75.7 Å². The van der Waals surface area contributed by atoms with E-state index in [2.05, 4.69) is 10.6 Å². The zero-order valence-electron chi connectivity index (χ0n) is 22.0. The van der Waals surface area contributed by atoms with Crippen molar-refractivity contribution >= 4 is 29.3 Å². The Morgan fingerprint density at radius 2 is 1.64 bits per heavy atom. The summed E-state index contributed by atoms with van der Waals surface area (Å²) >= 11 is 0. The Kier molecular flexibility index (Phi) is 9.29. The third-order valence-electron chi connectivity index (χ3n) is 6.73. The number of rotatable bonds is 9. The Hall–Kier alpha value is -3.16. The molecule has 0 aromatic heterocycles. The molecule has 8 nitrogen and oxygen atoms in total. The van der Waals surface area contributed by atoms with Crippen LogP contribution in [0.15, 0.2) is 30.3 Å². The van der Waals surface area contributed by atoms with Gasteiger partial charge in [-0.15, -0.1) is 0 Å². The molecule has 3 rings (SSSR count). The second-order valence-electron chi connectivity index (χ2n) is 10.6. The predicted octanol–water partition coefficient (Wildman–Crippen LogP) is 3.31. The first-order chi connectivity index (χ1) is 17.1. The Morgan fingerprint density at radius 3 is 2.28 bits per heavy atom. The molecule has 3 atom stereocenters. The number of carbonyl (C=O) groups is 4. The monoisotopic (exact) mass is 497 g/mol. The normalized spacial score (nSPS) is 20.0. The van der Waals surface area contributed by atoms with Crippen molar-refractivity contribution in [3.63, 3.8) is 0 Å². The highest BCUT2D eigenvalue weighted by molar-refractivity contribution is 6.07. The lowest BCUT2D eigenvalue weighted by Crippen LogP contribution is -2.52. The number of nitrogens with zero attached hydrogens (tertiary/aromatic N) is 1. The third kappa shape index (κ3) is 6.53. The summed E-state index contributed by atoms with van der Waals surface area (Å²) in [5.74, 6) is -0.996. The Labute approximate surface area is 213 Å². The number of amides is 3. The van der Waals surface area contributed by atoms with E-state index in [0.29, 0.717) is 24.9 Å². The van der Waals surface area contributed by atoms with Gasteiger partial charge in [0.05, 0.1) is 13.2 Å². The number of esters is 1. The molecule has 0 saturated carbocycles. The Bertz CT molecular complexity index is 1020. The summed E-state index contributed by atoms with van der Waals surface area (Å²) in [6.45, 7) is 8.53. The lowest BCUT2D eigenvalue weighted by molar-refractivity contribution is -0.145. The van der Waals surface area contributed by atoms with Gasteiger partial charge in [-0.05, 0) is 61.1 Å². The summed E-state index contributed by atoms with van der Waals surface area (Å²) < 4.78 is 4.87. The molecule has 3 amide bonds. The molecule has 1 fully saturated rings. The maximum Gasteiger partial charge on any atom is 0.328 e. The maximum atomic E-state index is 13.3. The second kappa shape index (κ2) is 12.2. The van der Waals surface area contributed by atoms with E-state index < -0.39 is 24.0 Å². The minimum Gasteiger partial charge on any atom is -0.467 e. The van der Waals surface area contributed by atoms with Gasteiger partial charge in [0.15, 0.2) is 0 Å². The van der Waals surface area contributed by atoms with Gasteiger partial charge in [-0.1, -0.05) is 45.9 Å². The number of nitrogens with one attached hydrogen (secondary N) is 2. The molecule has 0 unspecified atom stereocenters. The SMILES string of the molecule is COC(=O)[C@H](CC(C)C)NC(=O)[C@H](CC(C)C)NC(=O)/C=C1/c2ccccc2C(=O)N2CCCC[C@@H]12. The van der Waals surface area contributed by atoms with E-state index in [1.807, 2.05) is 50.8 Å². The van der Waals surface area contributed by atoms with E-state index in [0.717, 1.165) is 30.4 Å². The highest BCUT2D eigenvalue weighted by Crippen LogP contribution is 2.37. The van der Waals surface area contributed by atoms with Crippen LogP contribution in [0.25, 0.3) is 5.57 Å². The minimum absolute atomic E-state index is 0.00363. The van der Waals surface area contributed by atoms with Crippen molar-refractivity contribution in [2.75, 3.05) is 13.7 Å². The van der Waals surface area contributed by atoms with Crippen molar-refractivity contribution in [2.24, 2.45) is 11.8 Å². The summed E-state index contributed by atoms with van der Waals surface area (Å²) in [5.41, 5.74) is 2.17. The number of fused-ring (bicyclic) bond motifs is 2. The molecule has 2 aliphatic rings. The van der Waals surface area contributed by atoms with Crippen molar-refractivity contribution in [1.82, 2.24) is 15.5 Å². The van der Waals surface area contributed by atoms with Crippen LogP contribution < -0.4 is 10.6 Å². The molecule has 2 heterocycles. The highest BCUT2D eigenvalue weighted by Gasteiger charge is 2.37.